The number of aromatic carboxylic acids is 1. The summed E-state index contributed by atoms with van der Waals surface area (Å²) in [6, 6.07) is 15.2. The van der Waals surface area contributed by atoms with E-state index in [1.807, 2.05) is 24.3 Å². The Kier molecular flexibility index (Phi) is 4.69. The van der Waals surface area contributed by atoms with Crippen LogP contribution < -0.4 is 5.32 Å². The first-order valence-corrected chi connectivity index (χ1v) is 8.26. The molecule has 4 heteroatoms. The van der Waals surface area contributed by atoms with Crippen LogP contribution in [0.3, 0.4) is 0 Å². The molecule has 1 saturated carbocycles. The van der Waals surface area contributed by atoms with Crippen LogP contribution in [0.4, 0.5) is 0 Å². The summed E-state index contributed by atoms with van der Waals surface area (Å²) >= 11 is 5.98. The molecular weight excluding hydrogens is 310 g/mol. The average Bonchev–Trinajstić information content (AvgIpc) is 2.51. The van der Waals surface area contributed by atoms with Crippen molar-refractivity contribution in [2.45, 2.75) is 31.2 Å². The number of nitrogens with one attached hydrogen (secondary N) is 1. The summed E-state index contributed by atoms with van der Waals surface area (Å²) in [6.45, 7) is 1.67. The van der Waals surface area contributed by atoms with Gasteiger partial charge in [0.1, 0.15) is 0 Å². The van der Waals surface area contributed by atoms with Crippen molar-refractivity contribution < 1.29 is 9.90 Å². The topological polar surface area (TPSA) is 49.3 Å². The molecule has 0 saturated heterocycles. The van der Waals surface area contributed by atoms with Gasteiger partial charge in [0.25, 0.3) is 0 Å². The second kappa shape index (κ2) is 6.73. The number of carbonyl (C=O) groups is 1. The van der Waals surface area contributed by atoms with Gasteiger partial charge < -0.3 is 10.4 Å². The molecule has 0 radical (unpaired) electrons. The molecule has 0 aromatic heterocycles. The summed E-state index contributed by atoms with van der Waals surface area (Å²) in [4.78, 5) is 10.9. The molecule has 0 bridgehead atoms. The van der Waals surface area contributed by atoms with Gasteiger partial charge in [0.15, 0.2) is 0 Å². The third-order valence-electron chi connectivity index (χ3n) is 4.76. The van der Waals surface area contributed by atoms with Gasteiger partial charge in [0, 0.05) is 23.5 Å². The van der Waals surface area contributed by atoms with Crippen molar-refractivity contribution in [3.63, 3.8) is 0 Å². The van der Waals surface area contributed by atoms with Crippen molar-refractivity contribution in [3.8, 4) is 0 Å². The standard InChI is InChI=1S/C19H20ClNO2/c20-17-8-6-16(7-9-17)19(10-1-11-19)13-21-12-14-2-4-15(5-3-14)18(22)23/h2-9,21H,1,10-13H2,(H,22,23). The van der Waals surface area contributed by atoms with E-state index >= 15 is 0 Å². The van der Waals surface area contributed by atoms with Gasteiger partial charge in [0.05, 0.1) is 5.56 Å². The lowest BCUT2D eigenvalue weighted by Gasteiger charge is -2.43. The van der Waals surface area contributed by atoms with E-state index in [1.54, 1.807) is 12.1 Å². The van der Waals surface area contributed by atoms with Gasteiger partial charge in [-0.25, -0.2) is 4.79 Å². The van der Waals surface area contributed by atoms with E-state index in [-0.39, 0.29) is 5.41 Å². The number of carboxylic acids is 1. The maximum absolute atomic E-state index is 10.9. The zero-order chi connectivity index (χ0) is 16.3. The van der Waals surface area contributed by atoms with Crippen molar-refractivity contribution in [2.24, 2.45) is 0 Å². The smallest absolute Gasteiger partial charge is 0.335 e. The molecule has 120 valence electrons. The lowest BCUT2D eigenvalue weighted by molar-refractivity contribution is 0.0697. The fourth-order valence-electron chi connectivity index (χ4n) is 3.19. The zero-order valence-corrected chi connectivity index (χ0v) is 13.6. The highest BCUT2D eigenvalue weighted by Gasteiger charge is 2.38. The molecule has 2 N–H and O–H groups in total. The average molecular weight is 330 g/mol. The Morgan fingerprint density at radius 3 is 2.26 bits per heavy atom. The predicted molar refractivity (Wildman–Crippen MR) is 92.1 cm³/mol. The Morgan fingerprint density at radius 1 is 1.09 bits per heavy atom. The van der Waals surface area contributed by atoms with Crippen molar-refractivity contribution >= 4 is 17.6 Å². The number of benzene rings is 2. The fourth-order valence-corrected chi connectivity index (χ4v) is 3.31. The molecule has 0 aliphatic heterocycles. The molecule has 0 amide bonds. The van der Waals surface area contributed by atoms with Crippen molar-refractivity contribution in [2.75, 3.05) is 6.54 Å². The van der Waals surface area contributed by atoms with Crippen LogP contribution in [0.15, 0.2) is 48.5 Å². The van der Waals surface area contributed by atoms with Crippen molar-refractivity contribution in [1.29, 1.82) is 0 Å². The lowest BCUT2D eigenvalue weighted by Crippen LogP contribution is -2.43. The highest BCUT2D eigenvalue weighted by Crippen LogP contribution is 2.43. The molecule has 3 rings (SSSR count). The molecule has 1 fully saturated rings. The molecule has 0 unspecified atom stereocenters. The third-order valence-corrected chi connectivity index (χ3v) is 5.01. The number of rotatable bonds is 6. The van der Waals surface area contributed by atoms with E-state index in [9.17, 15) is 4.79 Å². The van der Waals surface area contributed by atoms with Gasteiger partial charge in [-0.15, -0.1) is 0 Å². The fraction of sp³-hybridized carbons (Fsp3) is 0.316. The number of hydrogen-bond acceptors (Lipinski definition) is 2. The highest BCUT2D eigenvalue weighted by molar-refractivity contribution is 6.30. The van der Waals surface area contributed by atoms with Gasteiger partial charge in [0.2, 0.25) is 0 Å². The summed E-state index contributed by atoms with van der Waals surface area (Å²) in [5.41, 5.74) is 2.99. The van der Waals surface area contributed by atoms with Crippen LogP contribution in [-0.2, 0) is 12.0 Å². The van der Waals surface area contributed by atoms with E-state index in [0.29, 0.717) is 5.56 Å². The van der Waals surface area contributed by atoms with Crippen LogP contribution in [-0.4, -0.2) is 17.6 Å². The van der Waals surface area contributed by atoms with E-state index < -0.39 is 5.97 Å². The summed E-state index contributed by atoms with van der Waals surface area (Å²) in [5, 5.41) is 13.2. The molecule has 3 nitrogen and oxygen atoms in total. The molecule has 2 aromatic rings. The van der Waals surface area contributed by atoms with Crippen molar-refractivity contribution in [1.82, 2.24) is 5.32 Å². The number of hydrogen-bond donors (Lipinski definition) is 2. The molecule has 2 aromatic carbocycles. The Hall–Kier alpha value is -1.84. The summed E-state index contributed by atoms with van der Waals surface area (Å²) in [5.74, 6) is -0.888. The largest absolute Gasteiger partial charge is 0.478 e. The zero-order valence-electron chi connectivity index (χ0n) is 12.9. The molecule has 0 spiro atoms. The molecule has 0 heterocycles. The maximum atomic E-state index is 10.9. The quantitative estimate of drug-likeness (QED) is 0.833. The minimum atomic E-state index is -0.888. The SMILES string of the molecule is O=C(O)c1ccc(CNCC2(c3ccc(Cl)cc3)CCC2)cc1. The van der Waals surface area contributed by atoms with Gasteiger partial charge in [-0.3, -0.25) is 0 Å². The third kappa shape index (κ3) is 3.57. The Labute approximate surface area is 141 Å². The van der Waals surface area contributed by atoms with Crippen LogP contribution in [0.1, 0.15) is 40.7 Å². The second-order valence-corrected chi connectivity index (χ2v) is 6.68. The van der Waals surface area contributed by atoms with Crippen LogP contribution in [0.5, 0.6) is 0 Å². The Balaban J connectivity index is 1.60. The molecule has 1 aliphatic carbocycles. The molecular formula is C19H20ClNO2. The van der Waals surface area contributed by atoms with E-state index in [0.717, 1.165) is 23.7 Å². The normalized spacial score (nSPS) is 15.9. The Bertz CT molecular complexity index is 676. The first-order chi connectivity index (χ1) is 11.1. The predicted octanol–water partition coefficient (Wildman–Crippen LogP) is 4.25. The highest BCUT2D eigenvalue weighted by atomic mass is 35.5. The summed E-state index contributed by atoms with van der Waals surface area (Å²) in [7, 11) is 0. The van der Waals surface area contributed by atoms with Crippen LogP contribution in [0, 0.1) is 0 Å². The number of carboxylic acid groups (broad SMARTS) is 1. The first kappa shape index (κ1) is 16.0. The Morgan fingerprint density at radius 2 is 1.74 bits per heavy atom. The van der Waals surface area contributed by atoms with E-state index in [1.165, 1.54) is 24.8 Å². The van der Waals surface area contributed by atoms with Crippen molar-refractivity contribution in [3.05, 3.63) is 70.2 Å². The first-order valence-electron chi connectivity index (χ1n) is 7.88. The van der Waals surface area contributed by atoms with Crippen LogP contribution >= 0.6 is 11.6 Å². The van der Waals surface area contributed by atoms with Crippen LogP contribution in [0.2, 0.25) is 5.02 Å². The van der Waals surface area contributed by atoms with Gasteiger partial charge in [-0.1, -0.05) is 42.3 Å². The van der Waals surface area contributed by atoms with Gasteiger partial charge in [-0.05, 0) is 48.2 Å². The minimum absolute atomic E-state index is 0.214. The van der Waals surface area contributed by atoms with Gasteiger partial charge in [-0.2, -0.15) is 0 Å². The van der Waals surface area contributed by atoms with Gasteiger partial charge >= 0.3 is 5.97 Å². The number of halogens is 1. The molecule has 1 aliphatic rings. The monoisotopic (exact) mass is 329 g/mol. The minimum Gasteiger partial charge on any atom is -0.478 e. The van der Waals surface area contributed by atoms with E-state index in [2.05, 4.69) is 17.4 Å². The summed E-state index contributed by atoms with van der Waals surface area (Å²) in [6.07, 6.45) is 3.65. The lowest BCUT2D eigenvalue weighted by atomic mass is 9.64. The molecule has 23 heavy (non-hydrogen) atoms. The van der Waals surface area contributed by atoms with E-state index in [4.69, 9.17) is 16.7 Å². The summed E-state index contributed by atoms with van der Waals surface area (Å²) < 4.78 is 0. The maximum Gasteiger partial charge on any atom is 0.335 e. The molecule has 0 atom stereocenters. The second-order valence-electron chi connectivity index (χ2n) is 6.25. The van der Waals surface area contributed by atoms with Crippen LogP contribution in [0.25, 0.3) is 0 Å².